The molecule has 1 unspecified atom stereocenters. The molecule has 0 bridgehead atoms. The Kier molecular flexibility index (Phi) is 5.32. The van der Waals surface area contributed by atoms with Gasteiger partial charge in [0.05, 0.1) is 6.04 Å². The lowest BCUT2D eigenvalue weighted by molar-refractivity contribution is 0.613. The van der Waals surface area contributed by atoms with Crippen LogP contribution in [0, 0.1) is 18.6 Å². The molecule has 0 saturated carbocycles. The average Bonchev–Trinajstić information content (AvgIpc) is 2.43. The van der Waals surface area contributed by atoms with Crippen LogP contribution in [0.1, 0.15) is 43.4 Å². The summed E-state index contributed by atoms with van der Waals surface area (Å²) in [6.45, 7) is 4.00. The minimum absolute atomic E-state index is 0.0618. The van der Waals surface area contributed by atoms with Gasteiger partial charge in [0.25, 0.3) is 0 Å². The largest absolute Gasteiger partial charge is 0.378 e. The van der Waals surface area contributed by atoms with Crippen molar-refractivity contribution in [3.63, 3.8) is 0 Å². The number of halogens is 2. The van der Waals surface area contributed by atoms with E-state index in [4.69, 9.17) is 0 Å². The topological polar surface area (TPSA) is 12.0 Å². The van der Waals surface area contributed by atoms with Gasteiger partial charge in [-0.25, -0.2) is 8.78 Å². The maximum Gasteiger partial charge on any atom is 0.125 e. The summed E-state index contributed by atoms with van der Waals surface area (Å²) in [6.07, 6.45) is 3.07. The van der Waals surface area contributed by atoms with E-state index in [2.05, 4.69) is 12.2 Å². The normalized spacial score (nSPS) is 12.2. The minimum Gasteiger partial charge on any atom is -0.378 e. The smallest absolute Gasteiger partial charge is 0.125 e. The van der Waals surface area contributed by atoms with Gasteiger partial charge in [0.2, 0.25) is 0 Å². The zero-order chi connectivity index (χ0) is 15.2. The van der Waals surface area contributed by atoms with Crippen molar-refractivity contribution in [2.24, 2.45) is 0 Å². The van der Waals surface area contributed by atoms with Crippen molar-refractivity contribution in [1.29, 1.82) is 0 Å². The summed E-state index contributed by atoms with van der Waals surface area (Å²) in [4.78, 5) is 0. The predicted octanol–water partition coefficient (Wildman–Crippen LogP) is 5.62. The highest BCUT2D eigenvalue weighted by Crippen LogP contribution is 2.26. The zero-order valence-electron chi connectivity index (χ0n) is 12.5. The molecular formula is C18H21F2N. The van der Waals surface area contributed by atoms with Gasteiger partial charge in [-0.2, -0.15) is 0 Å². The maximum atomic E-state index is 13.5. The Bertz CT molecular complexity index is 558. The van der Waals surface area contributed by atoms with Crippen LogP contribution in [0.5, 0.6) is 0 Å². The van der Waals surface area contributed by atoms with Crippen molar-refractivity contribution >= 4 is 5.69 Å². The van der Waals surface area contributed by atoms with E-state index in [1.54, 1.807) is 12.1 Å². The first-order valence-electron chi connectivity index (χ1n) is 7.37. The van der Waals surface area contributed by atoms with E-state index in [1.165, 1.54) is 24.3 Å². The molecule has 0 aliphatic heterocycles. The van der Waals surface area contributed by atoms with E-state index in [9.17, 15) is 8.78 Å². The molecule has 3 heteroatoms. The summed E-state index contributed by atoms with van der Waals surface area (Å²) >= 11 is 0. The number of nitrogens with one attached hydrogen (secondary N) is 1. The third-order valence-corrected chi connectivity index (χ3v) is 3.50. The highest BCUT2D eigenvalue weighted by atomic mass is 19.1. The number of hydrogen-bond donors (Lipinski definition) is 1. The fourth-order valence-corrected chi connectivity index (χ4v) is 2.45. The van der Waals surface area contributed by atoms with Crippen molar-refractivity contribution in [1.82, 2.24) is 0 Å². The zero-order valence-corrected chi connectivity index (χ0v) is 12.5. The van der Waals surface area contributed by atoms with Crippen molar-refractivity contribution in [2.45, 2.75) is 39.2 Å². The third-order valence-electron chi connectivity index (χ3n) is 3.50. The quantitative estimate of drug-likeness (QED) is 0.728. The number of benzene rings is 2. The molecule has 2 aromatic rings. The molecule has 2 rings (SSSR count). The Morgan fingerprint density at radius 2 is 1.71 bits per heavy atom. The van der Waals surface area contributed by atoms with Crippen molar-refractivity contribution in [2.75, 3.05) is 5.32 Å². The standard InChI is InChI=1S/C18H21F2N/c1-3-4-5-18(14-6-8-15(19)9-7-14)21-17-11-13(2)10-16(20)12-17/h6-12,18,21H,3-5H2,1-2H3. The Hall–Kier alpha value is -1.90. The molecule has 0 spiro atoms. The van der Waals surface area contributed by atoms with Crippen LogP contribution in [0.25, 0.3) is 0 Å². The van der Waals surface area contributed by atoms with Gasteiger partial charge < -0.3 is 5.32 Å². The summed E-state index contributed by atoms with van der Waals surface area (Å²) in [5.41, 5.74) is 2.66. The molecule has 0 amide bonds. The van der Waals surface area contributed by atoms with Gasteiger partial charge in [0.1, 0.15) is 11.6 Å². The average molecular weight is 289 g/mol. The van der Waals surface area contributed by atoms with E-state index < -0.39 is 0 Å². The monoisotopic (exact) mass is 289 g/mol. The van der Waals surface area contributed by atoms with Gasteiger partial charge in [-0.3, -0.25) is 0 Å². The molecule has 0 radical (unpaired) electrons. The first kappa shape index (κ1) is 15.5. The number of aryl methyl sites for hydroxylation is 1. The van der Waals surface area contributed by atoms with E-state index in [-0.39, 0.29) is 17.7 Å². The molecule has 0 heterocycles. The van der Waals surface area contributed by atoms with Crippen LogP contribution in [0.4, 0.5) is 14.5 Å². The lowest BCUT2D eigenvalue weighted by atomic mass is 10.0. The van der Waals surface area contributed by atoms with Crippen LogP contribution in [0.2, 0.25) is 0 Å². The van der Waals surface area contributed by atoms with Gasteiger partial charge in [-0.15, -0.1) is 0 Å². The number of hydrogen-bond acceptors (Lipinski definition) is 1. The minimum atomic E-state index is -0.245. The van der Waals surface area contributed by atoms with Crippen LogP contribution >= 0.6 is 0 Å². The fraction of sp³-hybridized carbons (Fsp3) is 0.333. The van der Waals surface area contributed by atoms with Crippen molar-refractivity contribution in [3.8, 4) is 0 Å². The molecular weight excluding hydrogens is 268 g/mol. The lowest BCUT2D eigenvalue weighted by Gasteiger charge is -2.21. The molecule has 112 valence electrons. The second kappa shape index (κ2) is 7.21. The van der Waals surface area contributed by atoms with E-state index in [0.29, 0.717) is 0 Å². The molecule has 21 heavy (non-hydrogen) atoms. The molecule has 2 aromatic carbocycles. The van der Waals surface area contributed by atoms with Crippen LogP contribution in [0.15, 0.2) is 42.5 Å². The summed E-state index contributed by atoms with van der Waals surface area (Å²) < 4.78 is 26.6. The van der Waals surface area contributed by atoms with E-state index in [1.807, 2.05) is 13.0 Å². The Morgan fingerprint density at radius 3 is 2.33 bits per heavy atom. The summed E-state index contributed by atoms with van der Waals surface area (Å²) in [5, 5.41) is 3.37. The van der Waals surface area contributed by atoms with Crippen LogP contribution in [-0.4, -0.2) is 0 Å². The molecule has 0 aliphatic carbocycles. The van der Waals surface area contributed by atoms with Gasteiger partial charge in [0, 0.05) is 5.69 Å². The molecule has 1 nitrogen and oxygen atoms in total. The van der Waals surface area contributed by atoms with Gasteiger partial charge in [0.15, 0.2) is 0 Å². The molecule has 0 aromatic heterocycles. The number of rotatable bonds is 6. The second-order valence-corrected chi connectivity index (χ2v) is 5.41. The van der Waals surface area contributed by atoms with Gasteiger partial charge in [-0.05, 0) is 54.8 Å². The maximum absolute atomic E-state index is 13.5. The summed E-state index contributed by atoms with van der Waals surface area (Å²) in [7, 11) is 0. The lowest BCUT2D eigenvalue weighted by Crippen LogP contribution is -2.11. The second-order valence-electron chi connectivity index (χ2n) is 5.41. The van der Waals surface area contributed by atoms with Gasteiger partial charge >= 0.3 is 0 Å². The molecule has 0 saturated heterocycles. The summed E-state index contributed by atoms with van der Waals surface area (Å²) in [5.74, 6) is -0.486. The van der Waals surface area contributed by atoms with E-state index in [0.717, 1.165) is 36.1 Å². The first-order chi connectivity index (χ1) is 10.1. The fourth-order valence-electron chi connectivity index (χ4n) is 2.45. The van der Waals surface area contributed by atoms with Crippen molar-refractivity contribution < 1.29 is 8.78 Å². The van der Waals surface area contributed by atoms with Gasteiger partial charge in [-0.1, -0.05) is 31.9 Å². The Morgan fingerprint density at radius 1 is 1.00 bits per heavy atom. The van der Waals surface area contributed by atoms with E-state index >= 15 is 0 Å². The first-order valence-corrected chi connectivity index (χ1v) is 7.37. The molecule has 1 atom stereocenters. The highest BCUT2D eigenvalue weighted by molar-refractivity contribution is 5.48. The van der Waals surface area contributed by atoms with Crippen LogP contribution < -0.4 is 5.32 Å². The third kappa shape index (κ3) is 4.55. The molecule has 0 fully saturated rings. The highest BCUT2D eigenvalue weighted by Gasteiger charge is 2.12. The van der Waals surface area contributed by atoms with Crippen LogP contribution in [-0.2, 0) is 0 Å². The van der Waals surface area contributed by atoms with Crippen molar-refractivity contribution in [3.05, 3.63) is 65.2 Å². The molecule has 0 aliphatic rings. The summed E-state index contributed by atoms with van der Waals surface area (Å²) in [6, 6.07) is 11.5. The predicted molar refractivity (Wildman–Crippen MR) is 83.4 cm³/mol. The van der Waals surface area contributed by atoms with Crippen LogP contribution in [0.3, 0.4) is 0 Å². The Labute approximate surface area is 125 Å². The molecule has 1 N–H and O–H groups in total. The number of unbranched alkanes of at least 4 members (excludes halogenated alkanes) is 1. The Balaban J connectivity index is 2.21. The SMILES string of the molecule is CCCCC(Nc1cc(C)cc(F)c1)c1ccc(F)cc1. The number of anilines is 1.